The predicted octanol–water partition coefficient (Wildman–Crippen LogP) is 1.41. The molecule has 1 saturated carbocycles. The Morgan fingerprint density at radius 2 is 2.14 bits per heavy atom. The first-order valence-electron chi connectivity index (χ1n) is 7.30. The van der Waals surface area contributed by atoms with Gasteiger partial charge in [0.15, 0.2) is 0 Å². The molecule has 0 radical (unpaired) electrons. The van der Waals surface area contributed by atoms with Crippen LogP contribution in [0.25, 0.3) is 0 Å². The number of aromatic nitrogens is 1. The van der Waals surface area contributed by atoms with Crippen LogP contribution in [0.15, 0.2) is 5.38 Å². The van der Waals surface area contributed by atoms with Gasteiger partial charge in [-0.05, 0) is 25.3 Å². The number of carboxylic acids is 1. The third-order valence-corrected chi connectivity index (χ3v) is 4.73. The van der Waals surface area contributed by atoms with E-state index in [-0.39, 0.29) is 11.6 Å². The minimum Gasteiger partial charge on any atom is -0.480 e. The van der Waals surface area contributed by atoms with Crippen molar-refractivity contribution in [3.05, 3.63) is 16.1 Å². The van der Waals surface area contributed by atoms with Crippen LogP contribution in [0.1, 0.15) is 47.6 Å². The SMILES string of the molecule is NCCc1nc(C(=O)NC(C(=O)O)C2CCCCC2)cs1. The third kappa shape index (κ3) is 4.25. The van der Waals surface area contributed by atoms with Crippen LogP contribution in [0.2, 0.25) is 0 Å². The topological polar surface area (TPSA) is 105 Å². The molecular formula is C14H21N3O3S. The second-order valence-corrected chi connectivity index (χ2v) is 6.30. The highest BCUT2D eigenvalue weighted by Crippen LogP contribution is 2.27. The van der Waals surface area contributed by atoms with Gasteiger partial charge < -0.3 is 16.2 Å². The molecule has 1 heterocycles. The molecule has 1 atom stereocenters. The van der Waals surface area contributed by atoms with Crippen molar-refractivity contribution >= 4 is 23.2 Å². The van der Waals surface area contributed by atoms with Crippen LogP contribution in [0, 0.1) is 5.92 Å². The van der Waals surface area contributed by atoms with Crippen molar-refractivity contribution in [2.75, 3.05) is 6.54 Å². The molecule has 1 aliphatic carbocycles. The zero-order valence-corrected chi connectivity index (χ0v) is 12.7. The van der Waals surface area contributed by atoms with E-state index in [0.717, 1.165) is 37.1 Å². The van der Waals surface area contributed by atoms with Crippen molar-refractivity contribution in [2.24, 2.45) is 11.7 Å². The molecule has 1 unspecified atom stereocenters. The molecule has 0 aliphatic heterocycles. The fourth-order valence-electron chi connectivity index (χ4n) is 2.72. The van der Waals surface area contributed by atoms with E-state index in [1.54, 1.807) is 5.38 Å². The smallest absolute Gasteiger partial charge is 0.326 e. The summed E-state index contributed by atoms with van der Waals surface area (Å²) in [5, 5.41) is 14.4. The second-order valence-electron chi connectivity index (χ2n) is 5.35. The zero-order valence-electron chi connectivity index (χ0n) is 11.9. The Morgan fingerprint density at radius 1 is 1.43 bits per heavy atom. The van der Waals surface area contributed by atoms with Crippen molar-refractivity contribution in [3.63, 3.8) is 0 Å². The van der Waals surface area contributed by atoms with E-state index in [4.69, 9.17) is 5.73 Å². The summed E-state index contributed by atoms with van der Waals surface area (Å²) >= 11 is 1.37. The number of hydrogen-bond donors (Lipinski definition) is 3. The molecule has 6 nitrogen and oxygen atoms in total. The van der Waals surface area contributed by atoms with Gasteiger partial charge in [0.25, 0.3) is 5.91 Å². The average molecular weight is 311 g/mol. The number of carbonyl (C=O) groups excluding carboxylic acids is 1. The Hall–Kier alpha value is -1.47. The lowest BCUT2D eigenvalue weighted by atomic mass is 9.84. The predicted molar refractivity (Wildman–Crippen MR) is 80.3 cm³/mol. The van der Waals surface area contributed by atoms with Gasteiger partial charge in [0.05, 0.1) is 5.01 Å². The first-order chi connectivity index (χ1) is 10.1. The molecule has 1 fully saturated rings. The highest BCUT2D eigenvalue weighted by atomic mass is 32.1. The van der Waals surface area contributed by atoms with Crippen LogP contribution >= 0.6 is 11.3 Å². The first-order valence-corrected chi connectivity index (χ1v) is 8.18. The maximum absolute atomic E-state index is 12.2. The molecule has 1 aromatic heterocycles. The second kappa shape index (κ2) is 7.51. The van der Waals surface area contributed by atoms with Gasteiger partial charge in [0.1, 0.15) is 11.7 Å². The van der Waals surface area contributed by atoms with Crippen LogP contribution in [0.5, 0.6) is 0 Å². The molecular weight excluding hydrogens is 290 g/mol. The summed E-state index contributed by atoms with van der Waals surface area (Å²) in [6.45, 7) is 0.481. The van der Waals surface area contributed by atoms with Crippen LogP contribution in [-0.2, 0) is 11.2 Å². The average Bonchev–Trinajstić information content (AvgIpc) is 2.94. The molecule has 116 valence electrons. The summed E-state index contributed by atoms with van der Waals surface area (Å²) in [5.41, 5.74) is 5.74. The Balaban J connectivity index is 2.01. The highest BCUT2D eigenvalue weighted by Gasteiger charge is 2.31. The molecule has 2 rings (SSSR count). The summed E-state index contributed by atoms with van der Waals surface area (Å²) in [7, 11) is 0. The zero-order chi connectivity index (χ0) is 15.2. The third-order valence-electron chi connectivity index (χ3n) is 3.82. The van der Waals surface area contributed by atoms with Gasteiger partial charge in [-0.25, -0.2) is 9.78 Å². The van der Waals surface area contributed by atoms with Crippen molar-refractivity contribution in [3.8, 4) is 0 Å². The molecule has 21 heavy (non-hydrogen) atoms. The van der Waals surface area contributed by atoms with Crippen LogP contribution in [-0.4, -0.2) is 34.6 Å². The molecule has 7 heteroatoms. The maximum Gasteiger partial charge on any atom is 0.326 e. The molecule has 1 amide bonds. The van der Waals surface area contributed by atoms with E-state index in [1.165, 1.54) is 11.3 Å². The van der Waals surface area contributed by atoms with E-state index in [2.05, 4.69) is 10.3 Å². The lowest BCUT2D eigenvalue weighted by Gasteiger charge is -2.27. The van der Waals surface area contributed by atoms with Crippen LogP contribution in [0.3, 0.4) is 0 Å². The Kier molecular flexibility index (Phi) is 5.69. The summed E-state index contributed by atoms with van der Waals surface area (Å²) in [5.74, 6) is -1.36. The molecule has 0 bridgehead atoms. The highest BCUT2D eigenvalue weighted by molar-refractivity contribution is 7.09. The number of aliphatic carboxylic acids is 1. The van der Waals surface area contributed by atoms with Gasteiger partial charge >= 0.3 is 5.97 Å². The number of amides is 1. The van der Waals surface area contributed by atoms with Crippen molar-refractivity contribution < 1.29 is 14.7 Å². The minimum atomic E-state index is -0.965. The quantitative estimate of drug-likeness (QED) is 0.736. The standard InChI is InChI=1S/C14H21N3O3S/c15-7-6-11-16-10(8-21-11)13(18)17-12(14(19)20)9-4-2-1-3-5-9/h8-9,12H,1-7,15H2,(H,17,18)(H,19,20). The van der Waals surface area contributed by atoms with Crippen molar-refractivity contribution in [1.82, 2.24) is 10.3 Å². The summed E-state index contributed by atoms with van der Waals surface area (Å²) in [6, 6.07) is -0.822. The fraction of sp³-hybridized carbons (Fsp3) is 0.643. The number of hydrogen-bond acceptors (Lipinski definition) is 5. The number of nitrogens with one attached hydrogen (secondary N) is 1. The van der Waals surface area contributed by atoms with E-state index in [9.17, 15) is 14.7 Å². The van der Waals surface area contributed by atoms with Crippen molar-refractivity contribution in [2.45, 2.75) is 44.6 Å². The van der Waals surface area contributed by atoms with Gasteiger partial charge in [-0.15, -0.1) is 11.3 Å². The van der Waals surface area contributed by atoms with E-state index < -0.39 is 17.9 Å². The molecule has 4 N–H and O–H groups in total. The summed E-state index contributed by atoms with van der Waals surface area (Å²) in [4.78, 5) is 27.8. The maximum atomic E-state index is 12.2. The number of nitrogens with two attached hydrogens (primary N) is 1. The van der Waals surface area contributed by atoms with Crippen LogP contribution < -0.4 is 11.1 Å². The van der Waals surface area contributed by atoms with E-state index in [1.807, 2.05) is 0 Å². The lowest BCUT2D eigenvalue weighted by molar-refractivity contribution is -0.141. The van der Waals surface area contributed by atoms with Gasteiger partial charge in [-0.2, -0.15) is 0 Å². The molecule has 0 spiro atoms. The lowest BCUT2D eigenvalue weighted by Crippen LogP contribution is -2.46. The Bertz CT molecular complexity index is 497. The number of thiazole rings is 1. The molecule has 1 aliphatic rings. The Labute approximate surface area is 127 Å². The molecule has 0 aromatic carbocycles. The Morgan fingerprint density at radius 3 is 2.76 bits per heavy atom. The fourth-order valence-corrected chi connectivity index (χ4v) is 3.51. The van der Waals surface area contributed by atoms with Crippen LogP contribution in [0.4, 0.5) is 0 Å². The largest absolute Gasteiger partial charge is 0.480 e. The van der Waals surface area contributed by atoms with Gasteiger partial charge in [0.2, 0.25) is 0 Å². The number of rotatable bonds is 6. The van der Waals surface area contributed by atoms with E-state index in [0.29, 0.717) is 13.0 Å². The van der Waals surface area contributed by atoms with E-state index >= 15 is 0 Å². The van der Waals surface area contributed by atoms with Gasteiger partial charge in [-0.1, -0.05) is 19.3 Å². The monoisotopic (exact) mass is 311 g/mol. The summed E-state index contributed by atoms with van der Waals surface area (Å²) in [6.07, 6.45) is 5.54. The normalized spacial score (nSPS) is 17.4. The molecule has 1 aromatic rings. The molecule has 0 saturated heterocycles. The van der Waals surface area contributed by atoms with Crippen molar-refractivity contribution in [1.29, 1.82) is 0 Å². The first kappa shape index (κ1) is 15.9. The van der Waals surface area contributed by atoms with Gasteiger partial charge in [-0.3, -0.25) is 4.79 Å². The van der Waals surface area contributed by atoms with Gasteiger partial charge in [0, 0.05) is 11.8 Å². The number of nitrogens with zero attached hydrogens (tertiary/aromatic N) is 1. The number of carboxylic acid groups (broad SMARTS) is 1. The minimum absolute atomic E-state index is 0.0161. The number of carbonyl (C=O) groups is 2. The summed E-state index contributed by atoms with van der Waals surface area (Å²) < 4.78 is 0.